The molecule has 2 heterocycles. The number of amides is 3. The Morgan fingerprint density at radius 1 is 0.909 bits per heavy atom. The highest BCUT2D eigenvalue weighted by Gasteiger charge is 2.48. The molecule has 0 aromatic heterocycles. The molecule has 1 saturated carbocycles. The monoisotopic (exact) mass is 466 g/mol. The van der Waals surface area contributed by atoms with Crippen molar-refractivity contribution >= 4 is 46.7 Å². The van der Waals surface area contributed by atoms with Crippen LogP contribution in [-0.2, 0) is 19.2 Å². The molecular weight excluding hydrogens is 444 g/mol. The maximum atomic E-state index is 12.8. The summed E-state index contributed by atoms with van der Waals surface area (Å²) in [6, 6.07) is 13.4. The number of hydrogen-bond donors (Lipinski definition) is 0. The summed E-state index contributed by atoms with van der Waals surface area (Å²) in [5.41, 5.74) is 1.06. The predicted octanol–water partition coefficient (Wildman–Crippen LogP) is 3.98. The fraction of sp³-hybridized carbons (Fsp3) is 0.360. The highest BCUT2D eigenvalue weighted by molar-refractivity contribution is 6.33. The molecule has 0 unspecified atom stereocenters. The fourth-order valence-corrected chi connectivity index (χ4v) is 5.29. The van der Waals surface area contributed by atoms with E-state index in [1.54, 1.807) is 48.5 Å². The number of imide groups is 1. The van der Waals surface area contributed by atoms with E-state index in [4.69, 9.17) is 16.3 Å². The first kappa shape index (κ1) is 21.6. The first-order valence-corrected chi connectivity index (χ1v) is 11.6. The number of hydrogen-bond acceptors (Lipinski definition) is 5. The Hall–Kier alpha value is -3.19. The van der Waals surface area contributed by atoms with Gasteiger partial charge in [0.25, 0.3) is 0 Å². The molecule has 3 atom stereocenters. The van der Waals surface area contributed by atoms with Crippen molar-refractivity contribution in [3.05, 3.63) is 53.6 Å². The summed E-state index contributed by atoms with van der Waals surface area (Å²) in [4.78, 5) is 53.4. The number of anilines is 2. The predicted molar refractivity (Wildman–Crippen MR) is 122 cm³/mol. The Morgan fingerprint density at radius 2 is 1.55 bits per heavy atom. The van der Waals surface area contributed by atoms with Gasteiger partial charge in [-0.05, 0) is 49.2 Å². The normalized spacial score (nSPS) is 24.9. The van der Waals surface area contributed by atoms with E-state index in [1.807, 2.05) is 0 Å². The van der Waals surface area contributed by atoms with Crippen molar-refractivity contribution < 1.29 is 23.9 Å². The van der Waals surface area contributed by atoms with E-state index in [0.717, 1.165) is 25.7 Å². The summed E-state index contributed by atoms with van der Waals surface area (Å²) in [5, 5.41) is 0.446. The molecule has 33 heavy (non-hydrogen) atoms. The molecule has 0 spiro atoms. The summed E-state index contributed by atoms with van der Waals surface area (Å²) in [7, 11) is 0. The summed E-state index contributed by atoms with van der Waals surface area (Å²) in [6.45, 7) is 0.193. The topological polar surface area (TPSA) is 84.0 Å². The molecule has 3 fully saturated rings. The molecule has 170 valence electrons. The van der Waals surface area contributed by atoms with E-state index in [9.17, 15) is 19.2 Å². The second kappa shape index (κ2) is 8.63. The zero-order valence-corrected chi connectivity index (χ0v) is 18.7. The van der Waals surface area contributed by atoms with Crippen molar-refractivity contribution in [3.63, 3.8) is 0 Å². The Labute approximate surface area is 196 Å². The number of halogens is 1. The average molecular weight is 467 g/mol. The molecular formula is C25H23ClN2O5. The van der Waals surface area contributed by atoms with Gasteiger partial charge >= 0.3 is 5.97 Å². The Bertz CT molecular complexity index is 1110. The van der Waals surface area contributed by atoms with E-state index >= 15 is 0 Å². The van der Waals surface area contributed by atoms with E-state index in [0.29, 0.717) is 22.1 Å². The molecule has 2 aliphatic heterocycles. The Kier molecular flexibility index (Phi) is 5.66. The van der Waals surface area contributed by atoms with Crippen LogP contribution in [0.2, 0.25) is 5.02 Å². The van der Waals surface area contributed by atoms with Gasteiger partial charge in [-0.15, -0.1) is 0 Å². The van der Waals surface area contributed by atoms with Crippen LogP contribution in [0.4, 0.5) is 11.4 Å². The average Bonchev–Trinajstić information content (AvgIpc) is 3.33. The third-order valence-corrected chi connectivity index (χ3v) is 7.08. The number of nitrogens with zero attached hydrogens (tertiary/aromatic N) is 2. The van der Waals surface area contributed by atoms with Crippen LogP contribution in [0.3, 0.4) is 0 Å². The highest BCUT2D eigenvalue weighted by Crippen LogP contribution is 2.40. The lowest BCUT2D eigenvalue weighted by atomic mass is 9.81. The molecule has 8 heteroatoms. The zero-order valence-electron chi connectivity index (χ0n) is 17.9. The number of ether oxygens (including phenoxy) is 1. The van der Waals surface area contributed by atoms with E-state index in [1.165, 1.54) is 9.80 Å². The Balaban J connectivity index is 1.25. The van der Waals surface area contributed by atoms with Gasteiger partial charge in [-0.1, -0.05) is 36.6 Å². The van der Waals surface area contributed by atoms with Crippen molar-refractivity contribution in [2.75, 3.05) is 16.3 Å². The number of benzene rings is 2. The van der Waals surface area contributed by atoms with E-state index < -0.39 is 11.9 Å². The lowest BCUT2D eigenvalue weighted by molar-refractivity contribution is -0.139. The van der Waals surface area contributed by atoms with Crippen molar-refractivity contribution in [2.45, 2.75) is 32.1 Å². The molecule has 0 N–H and O–H groups in total. The smallest absolute Gasteiger partial charge is 0.316 e. The Morgan fingerprint density at radius 3 is 2.18 bits per heavy atom. The first-order chi connectivity index (χ1) is 15.9. The van der Waals surface area contributed by atoms with Crippen LogP contribution in [-0.4, -0.2) is 30.2 Å². The van der Waals surface area contributed by atoms with Gasteiger partial charge in [-0.2, -0.15) is 0 Å². The molecule has 2 aromatic rings. The van der Waals surface area contributed by atoms with Gasteiger partial charge in [0.15, 0.2) is 0 Å². The maximum absolute atomic E-state index is 12.8. The first-order valence-electron chi connectivity index (χ1n) is 11.2. The molecule has 5 rings (SSSR count). The van der Waals surface area contributed by atoms with Gasteiger partial charge in [-0.3, -0.25) is 24.1 Å². The second-order valence-corrected chi connectivity index (χ2v) is 9.19. The van der Waals surface area contributed by atoms with Crippen LogP contribution in [0.1, 0.15) is 32.1 Å². The molecule has 0 bridgehead atoms. The lowest BCUT2D eigenvalue weighted by Gasteiger charge is -2.19. The third kappa shape index (κ3) is 3.91. The molecule has 2 saturated heterocycles. The molecule has 3 amide bonds. The standard InChI is InChI=1S/C25H23ClN2O5/c26-20-7-3-4-8-21(20)27-14-15(13-22(27)29)25(32)33-17-11-9-16(10-12-17)28-23(30)18-5-1-2-6-19(18)24(28)31/h3-4,7-12,15,18-19H,1-2,5-6,13-14H2/t15-,18+,19+/m0/s1. The highest BCUT2D eigenvalue weighted by atomic mass is 35.5. The van der Waals surface area contributed by atoms with Crippen LogP contribution < -0.4 is 14.5 Å². The molecule has 7 nitrogen and oxygen atoms in total. The quantitative estimate of drug-likeness (QED) is 0.386. The van der Waals surface area contributed by atoms with Crippen LogP contribution in [0, 0.1) is 17.8 Å². The minimum atomic E-state index is -0.613. The van der Waals surface area contributed by atoms with Gasteiger partial charge in [-0.25, -0.2) is 0 Å². The molecule has 1 aliphatic carbocycles. The summed E-state index contributed by atoms with van der Waals surface area (Å²) >= 11 is 6.19. The van der Waals surface area contributed by atoms with Crippen LogP contribution >= 0.6 is 11.6 Å². The summed E-state index contributed by atoms with van der Waals surface area (Å²) < 4.78 is 5.49. The second-order valence-electron chi connectivity index (χ2n) is 8.78. The number of esters is 1. The van der Waals surface area contributed by atoms with E-state index in [2.05, 4.69) is 0 Å². The molecule has 3 aliphatic rings. The summed E-state index contributed by atoms with van der Waals surface area (Å²) in [6.07, 6.45) is 3.50. The van der Waals surface area contributed by atoms with Gasteiger partial charge in [0.2, 0.25) is 17.7 Å². The minimum Gasteiger partial charge on any atom is -0.426 e. The number of fused-ring (bicyclic) bond motifs is 1. The van der Waals surface area contributed by atoms with E-state index in [-0.39, 0.29) is 42.5 Å². The number of carbonyl (C=O) groups is 4. The fourth-order valence-electron chi connectivity index (χ4n) is 5.05. The van der Waals surface area contributed by atoms with Crippen molar-refractivity contribution in [1.29, 1.82) is 0 Å². The van der Waals surface area contributed by atoms with Crippen LogP contribution in [0.5, 0.6) is 5.75 Å². The lowest BCUT2D eigenvalue weighted by Crippen LogP contribution is -2.30. The van der Waals surface area contributed by atoms with Crippen LogP contribution in [0.15, 0.2) is 48.5 Å². The van der Waals surface area contributed by atoms with Gasteiger partial charge in [0, 0.05) is 13.0 Å². The number of carbonyl (C=O) groups excluding carboxylic acids is 4. The molecule has 0 radical (unpaired) electrons. The number of para-hydroxylation sites is 1. The maximum Gasteiger partial charge on any atom is 0.316 e. The minimum absolute atomic E-state index is 0.0434. The van der Waals surface area contributed by atoms with Crippen molar-refractivity contribution in [1.82, 2.24) is 0 Å². The summed E-state index contributed by atoms with van der Waals surface area (Å²) in [5.74, 6) is -1.73. The van der Waals surface area contributed by atoms with Crippen LogP contribution in [0.25, 0.3) is 0 Å². The molecule has 2 aromatic carbocycles. The van der Waals surface area contributed by atoms with Crippen molar-refractivity contribution in [3.8, 4) is 5.75 Å². The van der Waals surface area contributed by atoms with Gasteiger partial charge < -0.3 is 9.64 Å². The number of rotatable bonds is 4. The third-order valence-electron chi connectivity index (χ3n) is 6.76. The van der Waals surface area contributed by atoms with Crippen molar-refractivity contribution in [2.24, 2.45) is 17.8 Å². The largest absolute Gasteiger partial charge is 0.426 e. The van der Waals surface area contributed by atoms with Gasteiger partial charge in [0.1, 0.15) is 5.75 Å². The SMILES string of the molecule is O=C(Oc1ccc(N2C(=O)[C@@H]3CCCC[C@H]3C2=O)cc1)[C@H]1CC(=O)N(c2ccccc2Cl)C1. The zero-order chi connectivity index (χ0) is 23.1. The van der Waals surface area contributed by atoms with Gasteiger partial charge in [0.05, 0.1) is 34.2 Å².